The van der Waals surface area contributed by atoms with Crippen LogP contribution in [0.3, 0.4) is 0 Å². The number of nitrogens with zero attached hydrogens (tertiary/aromatic N) is 2. The average Bonchev–Trinajstić information content (AvgIpc) is 3.55. The lowest BCUT2D eigenvalue weighted by molar-refractivity contribution is 0.794. The van der Waals surface area contributed by atoms with Crippen LogP contribution < -0.4 is 0 Å². The number of hydrogen-bond donors (Lipinski definition) is 0. The molecule has 0 amide bonds. The molecule has 2 heteroatoms. The Morgan fingerprint density at radius 2 is 1.31 bits per heavy atom. The molecule has 0 radical (unpaired) electrons. The van der Waals surface area contributed by atoms with Crippen LogP contribution in [0, 0.1) is 0 Å². The van der Waals surface area contributed by atoms with Crippen LogP contribution in [0.25, 0.3) is 44.4 Å². The van der Waals surface area contributed by atoms with Gasteiger partial charge in [-0.2, -0.15) is 0 Å². The summed E-state index contributed by atoms with van der Waals surface area (Å²) in [7, 11) is 0. The van der Waals surface area contributed by atoms with Gasteiger partial charge in [0.1, 0.15) is 0 Å². The number of aromatic nitrogens is 2. The number of rotatable bonds is 0. The smallest absolute Gasteiger partial charge is 0.0783 e. The SMILES string of the molecule is c1cnc2c(c1)Cc1cc3c(cc1-2)C1(c2ccccc2-3)c2ccccc2-c2c1ccc1cccnc21. The average molecular weight is 457 g/mol. The van der Waals surface area contributed by atoms with E-state index in [9.17, 15) is 0 Å². The highest BCUT2D eigenvalue weighted by Crippen LogP contribution is 2.64. The van der Waals surface area contributed by atoms with Crippen molar-refractivity contribution in [3.8, 4) is 33.5 Å². The van der Waals surface area contributed by atoms with Crippen molar-refractivity contribution < 1.29 is 0 Å². The molecule has 1 atom stereocenters. The molecule has 166 valence electrons. The van der Waals surface area contributed by atoms with Crippen LogP contribution in [0.15, 0.2) is 109 Å². The second-order valence-corrected chi connectivity index (χ2v) is 10.1. The van der Waals surface area contributed by atoms with Gasteiger partial charge in [0.25, 0.3) is 0 Å². The highest BCUT2D eigenvalue weighted by atomic mass is 14.7. The molecule has 2 aromatic heterocycles. The molecule has 1 unspecified atom stereocenters. The molecule has 9 rings (SSSR count). The van der Waals surface area contributed by atoms with Crippen LogP contribution in [0.4, 0.5) is 0 Å². The summed E-state index contributed by atoms with van der Waals surface area (Å²) in [4.78, 5) is 9.71. The van der Waals surface area contributed by atoms with Crippen molar-refractivity contribution in [2.75, 3.05) is 0 Å². The molecular formula is C34H20N2. The van der Waals surface area contributed by atoms with Crippen molar-refractivity contribution in [1.29, 1.82) is 0 Å². The molecule has 0 saturated heterocycles. The first-order chi connectivity index (χ1) is 17.9. The van der Waals surface area contributed by atoms with E-state index in [1.54, 1.807) is 0 Å². The first kappa shape index (κ1) is 18.7. The van der Waals surface area contributed by atoms with Crippen LogP contribution >= 0.6 is 0 Å². The number of pyridine rings is 2. The zero-order valence-electron chi connectivity index (χ0n) is 19.5. The number of benzene rings is 4. The second kappa shape index (κ2) is 6.35. The van der Waals surface area contributed by atoms with Crippen molar-refractivity contribution in [1.82, 2.24) is 9.97 Å². The Hall–Kier alpha value is -4.56. The molecule has 4 aromatic carbocycles. The molecule has 3 aliphatic carbocycles. The third-order valence-electron chi connectivity index (χ3n) is 8.57. The fourth-order valence-electron chi connectivity index (χ4n) is 7.25. The molecular weight excluding hydrogens is 436 g/mol. The van der Waals surface area contributed by atoms with E-state index >= 15 is 0 Å². The van der Waals surface area contributed by atoms with Crippen LogP contribution in [0.5, 0.6) is 0 Å². The Labute approximate surface area is 208 Å². The lowest BCUT2D eigenvalue weighted by atomic mass is 9.70. The normalized spacial score (nSPS) is 17.4. The first-order valence-corrected chi connectivity index (χ1v) is 12.6. The van der Waals surface area contributed by atoms with Crippen molar-refractivity contribution in [2.45, 2.75) is 11.8 Å². The van der Waals surface area contributed by atoms with E-state index in [-0.39, 0.29) is 5.41 Å². The first-order valence-electron chi connectivity index (χ1n) is 12.6. The topological polar surface area (TPSA) is 25.8 Å². The number of fused-ring (bicyclic) bond motifs is 15. The van der Waals surface area contributed by atoms with Crippen LogP contribution in [0.1, 0.15) is 33.4 Å². The quantitative estimate of drug-likeness (QED) is 0.235. The Balaban J connectivity index is 1.48. The van der Waals surface area contributed by atoms with Gasteiger partial charge in [-0.3, -0.25) is 9.97 Å². The summed E-state index contributed by atoms with van der Waals surface area (Å²) in [5.74, 6) is 0. The summed E-state index contributed by atoms with van der Waals surface area (Å²) in [6.45, 7) is 0. The molecule has 36 heavy (non-hydrogen) atoms. The molecule has 2 heterocycles. The fourth-order valence-corrected chi connectivity index (χ4v) is 7.25. The van der Waals surface area contributed by atoms with E-state index in [1.165, 1.54) is 66.6 Å². The molecule has 0 bridgehead atoms. The van der Waals surface area contributed by atoms with E-state index in [4.69, 9.17) is 9.97 Å². The zero-order chi connectivity index (χ0) is 23.4. The summed E-state index contributed by atoms with van der Waals surface area (Å²) in [6, 6.07) is 35.9. The molecule has 1 spiro atoms. The van der Waals surface area contributed by atoms with Gasteiger partial charge in [-0.1, -0.05) is 72.8 Å². The van der Waals surface area contributed by atoms with Gasteiger partial charge >= 0.3 is 0 Å². The molecule has 0 saturated carbocycles. The fraction of sp³-hybridized carbons (Fsp3) is 0.0588. The van der Waals surface area contributed by atoms with Crippen molar-refractivity contribution in [2.24, 2.45) is 0 Å². The molecule has 0 fully saturated rings. The molecule has 6 aromatic rings. The maximum absolute atomic E-state index is 4.90. The minimum absolute atomic E-state index is 0.365. The van der Waals surface area contributed by atoms with E-state index in [0.717, 1.165) is 17.6 Å². The van der Waals surface area contributed by atoms with E-state index < -0.39 is 0 Å². The van der Waals surface area contributed by atoms with Crippen molar-refractivity contribution >= 4 is 10.9 Å². The highest BCUT2D eigenvalue weighted by molar-refractivity contribution is 6.04. The second-order valence-electron chi connectivity index (χ2n) is 10.1. The summed E-state index contributed by atoms with van der Waals surface area (Å²) in [6.07, 6.45) is 4.79. The highest BCUT2D eigenvalue weighted by Gasteiger charge is 2.52. The van der Waals surface area contributed by atoms with Gasteiger partial charge in [0, 0.05) is 35.3 Å². The van der Waals surface area contributed by atoms with Crippen LogP contribution in [-0.2, 0) is 11.8 Å². The van der Waals surface area contributed by atoms with Gasteiger partial charge in [-0.25, -0.2) is 0 Å². The summed E-state index contributed by atoms with van der Waals surface area (Å²) >= 11 is 0. The van der Waals surface area contributed by atoms with E-state index in [2.05, 4.69) is 91.0 Å². The number of hydrogen-bond acceptors (Lipinski definition) is 2. The van der Waals surface area contributed by atoms with Gasteiger partial charge in [0.2, 0.25) is 0 Å². The van der Waals surface area contributed by atoms with E-state index in [0.29, 0.717) is 0 Å². The zero-order valence-corrected chi connectivity index (χ0v) is 19.5. The van der Waals surface area contributed by atoms with Gasteiger partial charge < -0.3 is 0 Å². The summed E-state index contributed by atoms with van der Waals surface area (Å²) in [5, 5.41) is 1.18. The Kier molecular flexibility index (Phi) is 3.31. The standard InChI is InChI=1S/C34H20N2/c1-3-11-27-23(9-1)26-18-22-17-21-8-6-15-35-32(21)25(22)19-30(26)34(27)28-12-4-2-10-24(28)31-29(34)14-13-20-7-5-16-36-33(20)31/h1-16,18-19H,17H2. The summed E-state index contributed by atoms with van der Waals surface area (Å²) in [5.41, 5.74) is 16.5. The Bertz CT molecular complexity index is 1930. The largest absolute Gasteiger partial charge is 0.256 e. The van der Waals surface area contributed by atoms with Gasteiger partial charge in [0.05, 0.1) is 16.6 Å². The minimum atomic E-state index is -0.365. The summed E-state index contributed by atoms with van der Waals surface area (Å²) < 4.78 is 0. The van der Waals surface area contributed by atoms with Gasteiger partial charge in [0.15, 0.2) is 0 Å². The maximum atomic E-state index is 4.90. The minimum Gasteiger partial charge on any atom is -0.256 e. The predicted molar refractivity (Wildman–Crippen MR) is 144 cm³/mol. The molecule has 0 N–H and O–H groups in total. The van der Waals surface area contributed by atoms with Crippen LogP contribution in [-0.4, -0.2) is 9.97 Å². The monoisotopic (exact) mass is 456 g/mol. The lowest BCUT2D eigenvalue weighted by Gasteiger charge is -2.30. The van der Waals surface area contributed by atoms with Crippen molar-refractivity contribution in [3.63, 3.8) is 0 Å². The third kappa shape index (κ3) is 2.02. The maximum Gasteiger partial charge on any atom is 0.0783 e. The van der Waals surface area contributed by atoms with E-state index in [1.807, 2.05) is 18.5 Å². The lowest BCUT2D eigenvalue weighted by Crippen LogP contribution is -2.26. The Morgan fingerprint density at radius 3 is 2.22 bits per heavy atom. The molecule has 3 aliphatic rings. The Morgan fingerprint density at radius 1 is 0.528 bits per heavy atom. The van der Waals surface area contributed by atoms with Gasteiger partial charge in [-0.05, 0) is 74.3 Å². The molecule has 2 nitrogen and oxygen atoms in total. The van der Waals surface area contributed by atoms with Crippen LogP contribution in [0.2, 0.25) is 0 Å². The third-order valence-corrected chi connectivity index (χ3v) is 8.57. The van der Waals surface area contributed by atoms with Gasteiger partial charge in [-0.15, -0.1) is 0 Å². The predicted octanol–water partition coefficient (Wildman–Crippen LogP) is 7.54. The molecule has 0 aliphatic heterocycles. The van der Waals surface area contributed by atoms with Crippen molar-refractivity contribution in [3.05, 3.63) is 143 Å².